The second kappa shape index (κ2) is 14.4. The highest BCUT2D eigenvalue weighted by Gasteiger charge is 2.35. The molecule has 5 atom stereocenters. The zero-order valence-corrected chi connectivity index (χ0v) is 21.1. The van der Waals surface area contributed by atoms with E-state index in [1.54, 1.807) is 0 Å². The Balaban J connectivity index is 1.60. The van der Waals surface area contributed by atoms with Crippen LogP contribution in [0.5, 0.6) is 0 Å². The second-order valence-corrected chi connectivity index (χ2v) is 10.6. The Morgan fingerprint density at radius 3 is 2.39 bits per heavy atom. The van der Waals surface area contributed by atoms with Gasteiger partial charge in [0.05, 0.1) is 24.9 Å². The van der Waals surface area contributed by atoms with Gasteiger partial charge in [-0.05, 0) is 64.2 Å². The molecule has 5 nitrogen and oxygen atoms in total. The van der Waals surface area contributed by atoms with E-state index in [1.807, 2.05) is 6.07 Å². The molecule has 33 heavy (non-hydrogen) atoms. The highest BCUT2D eigenvalue weighted by atomic mass is 16.5. The Hall–Kier alpha value is -0.980. The molecule has 1 aliphatic heterocycles. The average molecular weight is 461 g/mol. The van der Waals surface area contributed by atoms with Crippen LogP contribution in [0.2, 0.25) is 0 Å². The van der Waals surface area contributed by atoms with Gasteiger partial charge in [0, 0.05) is 25.6 Å². The van der Waals surface area contributed by atoms with Crippen LogP contribution in [0.4, 0.5) is 0 Å². The molecule has 1 heterocycles. The fraction of sp³-hybridized carbons (Fsp3) is 0.786. The molecule has 2 fully saturated rings. The summed E-state index contributed by atoms with van der Waals surface area (Å²) in [7, 11) is 2.12. The Morgan fingerprint density at radius 1 is 0.879 bits per heavy atom. The van der Waals surface area contributed by atoms with Crippen LogP contribution in [-0.4, -0.2) is 78.1 Å². The number of rotatable bonds is 7. The highest BCUT2D eigenvalue weighted by Crippen LogP contribution is 2.32. The number of nitrogens with zero attached hydrogens (tertiary/aromatic N) is 2. The molecule has 5 unspecified atom stereocenters. The molecule has 1 aromatic rings. The smallest absolute Gasteiger partial charge is 0.0720 e. The molecule has 1 saturated heterocycles. The minimum atomic E-state index is -0.386. The van der Waals surface area contributed by atoms with Crippen molar-refractivity contribution in [1.29, 1.82) is 0 Å². The van der Waals surface area contributed by atoms with Gasteiger partial charge in [-0.2, -0.15) is 0 Å². The largest absolute Gasteiger partial charge is 0.393 e. The van der Waals surface area contributed by atoms with Gasteiger partial charge in [0.15, 0.2) is 0 Å². The van der Waals surface area contributed by atoms with Crippen LogP contribution in [0.15, 0.2) is 30.3 Å². The lowest BCUT2D eigenvalue weighted by Gasteiger charge is -2.37. The Bertz CT molecular complexity index is 643. The molecule has 0 bridgehead atoms. The maximum atomic E-state index is 11.3. The zero-order chi connectivity index (χ0) is 23.5. The number of aliphatic hydroxyl groups is 2. The van der Waals surface area contributed by atoms with Crippen molar-refractivity contribution in [1.82, 2.24) is 9.80 Å². The first-order valence-electron chi connectivity index (χ1n) is 13.5. The molecule has 0 amide bonds. The zero-order valence-electron chi connectivity index (χ0n) is 21.1. The van der Waals surface area contributed by atoms with E-state index < -0.39 is 0 Å². The molecule has 0 spiro atoms. The molecular weight excluding hydrogens is 412 g/mol. The summed E-state index contributed by atoms with van der Waals surface area (Å²) >= 11 is 0. The van der Waals surface area contributed by atoms with Crippen LogP contribution in [0.3, 0.4) is 0 Å². The summed E-state index contributed by atoms with van der Waals surface area (Å²) in [6.45, 7) is 7.44. The third-order valence-electron chi connectivity index (χ3n) is 7.79. The first-order valence-corrected chi connectivity index (χ1v) is 13.5. The second-order valence-electron chi connectivity index (χ2n) is 10.6. The quantitative estimate of drug-likeness (QED) is 0.635. The number of hydrogen-bond donors (Lipinski definition) is 2. The molecule has 0 radical (unpaired) electrons. The van der Waals surface area contributed by atoms with E-state index in [0.717, 1.165) is 58.3 Å². The summed E-state index contributed by atoms with van der Waals surface area (Å²) in [5.74, 6) is 0.318. The summed E-state index contributed by atoms with van der Waals surface area (Å²) in [6.07, 6.45) is 9.59. The van der Waals surface area contributed by atoms with Crippen molar-refractivity contribution in [2.24, 2.45) is 11.8 Å². The van der Waals surface area contributed by atoms with E-state index in [4.69, 9.17) is 4.74 Å². The third kappa shape index (κ3) is 9.29. The molecule has 1 aliphatic carbocycles. The van der Waals surface area contributed by atoms with Crippen LogP contribution in [0, 0.1) is 11.8 Å². The van der Waals surface area contributed by atoms with E-state index in [0.29, 0.717) is 13.2 Å². The monoisotopic (exact) mass is 460 g/mol. The van der Waals surface area contributed by atoms with Crippen LogP contribution in [0.25, 0.3) is 0 Å². The van der Waals surface area contributed by atoms with Gasteiger partial charge in [-0.15, -0.1) is 0 Å². The number of ether oxygens (including phenoxy) is 1. The van der Waals surface area contributed by atoms with Crippen molar-refractivity contribution < 1.29 is 14.9 Å². The van der Waals surface area contributed by atoms with E-state index in [-0.39, 0.29) is 30.1 Å². The van der Waals surface area contributed by atoms with Gasteiger partial charge in [-0.3, -0.25) is 0 Å². The van der Waals surface area contributed by atoms with Crippen molar-refractivity contribution in [3.63, 3.8) is 0 Å². The predicted molar refractivity (Wildman–Crippen MR) is 135 cm³/mol. The lowest BCUT2D eigenvalue weighted by Crippen LogP contribution is -2.46. The molecule has 5 heteroatoms. The molecule has 188 valence electrons. The van der Waals surface area contributed by atoms with Gasteiger partial charge in [0.1, 0.15) is 0 Å². The minimum absolute atomic E-state index is 0.124. The van der Waals surface area contributed by atoms with E-state index >= 15 is 0 Å². The number of benzene rings is 1. The van der Waals surface area contributed by atoms with Crippen molar-refractivity contribution in [3.05, 3.63) is 35.9 Å². The van der Waals surface area contributed by atoms with Gasteiger partial charge in [-0.25, -0.2) is 0 Å². The van der Waals surface area contributed by atoms with Crippen molar-refractivity contribution >= 4 is 0 Å². The third-order valence-corrected chi connectivity index (χ3v) is 7.79. The predicted octanol–water partition coefficient (Wildman–Crippen LogP) is 4.32. The van der Waals surface area contributed by atoms with Gasteiger partial charge in [-0.1, -0.05) is 62.4 Å². The normalized spacial score (nSPS) is 30.3. The number of likely N-dealkylation sites (N-methyl/N-ethyl adjacent to an activating group) is 1. The van der Waals surface area contributed by atoms with E-state index in [1.165, 1.54) is 31.2 Å². The first-order chi connectivity index (χ1) is 16.0. The summed E-state index contributed by atoms with van der Waals surface area (Å²) in [4.78, 5) is 4.81. The number of β-amino-alcohol motifs (C(OH)–C–C–N with tert-alkyl or cyclic N) is 1. The Labute approximate surface area is 202 Å². The van der Waals surface area contributed by atoms with Crippen LogP contribution < -0.4 is 0 Å². The molecule has 1 saturated carbocycles. The molecule has 1 aromatic carbocycles. The van der Waals surface area contributed by atoms with E-state index in [2.05, 4.69) is 48.0 Å². The topological polar surface area (TPSA) is 56.2 Å². The lowest BCUT2D eigenvalue weighted by atomic mass is 9.78. The summed E-state index contributed by atoms with van der Waals surface area (Å²) in [6, 6.07) is 10.4. The minimum Gasteiger partial charge on any atom is -0.393 e. The van der Waals surface area contributed by atoms with Gasteiger partial charge in [0.2, 0.25) is 0 Å². The molecule has 0 aromatic heterocycles. The van der Waals surface area contributed by atoms with Gasteiger partial charge in [0.25, 0.3) is 0 Å². The highest BCUT2D eigenvalue weighted by molar-refractivity contribution is 5.13. The van der Waals surface area contributed by atoms with Crippen LogP contribution in [0.1, 0.15) is 70.3 Å². The molecule has 3 rings (SSSR count). The van der Waals surface area contributed by atoms with Crippen molar-refractivity contribution in [3.8, 4) is 0 Å². The van der Waals surface area contributed by atoms with Crippen molar-refractivity contribution in [2.75, 3.05) is 39.8 Å². The van der Waals surface area contributed by atoms with Gasteiger partial charge >= 0.3 is 0 Å². The fourth-order valence-electron chi connectivity index (χ4n) is 5.68. The Morgan fingerprint density at radius 2 is 1.61 bits per heavy atom. The summed E-state index contributed by atoms with van der Waals surface area (Å²) in [5, 5.41) is 22.4. The lowest BCUT2D eigenvalue weighted by molar-refractivity contribution is -0.0238. The number of hydrogen-bond acceptors (Lipinski definition) is 5. The molecule has 2 aliphatic rings. The van der Waals surface area contributed by atoms with Gasteiger partial charge < -0.3 is 24.7 Å². The number of aliphatic hydroxyl groups excluding tert-OH is 2. The van der Waals surface area contributed by atoms with Crippen LogP contribution >= 0.6 is 0 Å². The van der Waals surface area contributed by atoms with Crippen LogP contribution in [-0.2, 0) is 11.3 Å². The van der Waals surface area contributed by atoms with E-state index in [9.17, 15) is 10.2 Å². The maximum absolute atomic E-state index is 11.3. The maximum Gasteiger partial charge on any atom is 0.0720 e. The Kier molecular flexibility index (Phi) is 11.6. The standard InChI is InChI=1S/C28H48N2O3/c1-23(33-22-24-12-7-6-8-13-24)16-19-30-18-11-17-29(2)21-28(32)26(20-30)25-14-9-4-3-5-10-15-27(25)31/h6-8,12-13,23,25-28,31-32H,3-5,9-11,14-22H2,1-2H3. The fourth-order valence-corrected chi connectivity index (χ4v) is 5.68. The van der Waals surface area contributed by atoms with Crippen molar-refractivity contribution in [2.45, 2.75) is 89.6 Å². The summed E-state index contributed by atoms with van der Waals surface area (Å²) in [5.41, 5.74) is 1.22. The molecule has 2 N–H and O–H groups in total. The summed E-state index contributed by atoms with van der Waals surface area (Å²) < 4.78 is 6.12. The first kappa shape index (κ1) is 26.6. The molecular formula is C28H48N2O3. The SMILES string of the molecule is CC(CCN1CCCN(C)CC(O)C(C2CCCCCCCC2O)C1)OCc1ccccc1. The average Bonchev–Trinajstić information content (AvgIpc) is 2.95.